The van der Waals surface area contributed by atoms with Crippen molar-refractivity contribution in [3.63, 3.8) is 0 Å². The highest BCUT2D eigenvalue weighted by Crippen LogP contribution is 2.38. The molecule has 0 bridgehead atoms. The minimum absolute atomic E-state index is 0.0406. The van der Waals surface area contributed by atoms with Gasteiger partial charge in [-0.3, -0.25) is 14.5 Å². The number of para-hydroxylation sites is 1. The van der Waals surface area contributed by atoms with Crippen LogP contribution in [0.2, 0.25) is 0 Å². The van der Waals surface area contributed by atoms with Crippen LogP contribution in [0.3, 0.4) is 0 Å². The number of aromatic nitrogens is 3. The van der Waals surface area contributed by atoms with Gasteiger partial charge in [-0.15, -0.1) is 5.10 Å². The van der Waals surface area contributed by atoms with Gasteiger partial charge in [0.15, 0.2) is 11.5 Å². The Morgan fingerprint density at radius 3 is 2.59 bits per heavy atom. The zero-order chi connectivity index (χ0) is 26.8. The molecule has 0 unspecified atom stereocenters. The van der Waals surface area contributed by atoms with E-state index in [0.717, 1.165) is 32.1 Å². The molecular weight excluding hydrogens is 498 g/mol. The van der Waals surface area contributed by atoms with E-state index in [0.29, 0.717) is 33.8 Å². The molecule has 2 aliphatic rings. The van der Waals surface area contributed by atoms with Crippen LogP contribution in [0.15, 0.2) is 66.7 Å². The maximum atomic E-state index is 14.2. The van der Waals surface area contributed by atoms with Gasteiger partial charge in [0.2, 0.25) is 18.6 Å². The standard InChI is InChI=1S/C29H29N5O5/c35-22-13-10-19(11-14-22)28(29(37)30-20-6-2-1-3-7-20)34(21-12-15-25-26(16-21)39-18-38-25)27(36)17-33-24-9-5-4-8-23(24)31-32-33/h4-5,8-16,20,28,35H,1-3,6-7,17-18H2,(H,30,37)/t28-/m0/s1. The van der Waals surface area contributed by atoms with E-state index in [9.17, 15) is 14.7 Å². The molecule has 6 rings (SSSR count). The van der Waals surface area contributed by atoms with E-state index in [4.69, 9.17) is 9.47 Å². The van der Waals surface area contributed by atoms with Gasteiger partial charge in [0.1, 0.15) is 23.9 Å². The van der Waals surface area contributed by atoms with Crippen molar-refractivity contribution in [1.82, 2.24) is 20.3 Å². The first-order valence-corrected chi connectivity index (χ1v) is 13.2. The molecule has 2 amide bonds. The topological polar surface area (TPSA) is 119 Å². The van der Waals surface area contributed by atoms with Crippen molar-refractivity contribution >= 4 is 28.5 Å². The average Bonchev–Trinajstić information content (AvgIpc) is 3.59. The maximum Gasteiger partial charge on any atom is 0.249 e. The molecule has 2 heterocycles. The number of phenolic OH excluding ortho intramolecular Hbond substituents is 1. The third-order valence-corrected chi connectivity index (χ3v) is 7.28. The molecule has 0 radical (unpaired) electrons. The van der Waals surface area contributed by atoms with Crippen molar-refractivity contribution in [3.05, 3.63) is 72.3 Å². The van der Waals surface area contributed by atoms with E-state index >= 15 is 0 Å². The molecule has 1 saturated carbocycles. The highest BCUT2D eigenvalue weighted by molar-refractivity contribution is 6.02. The molecule has 10 heteroatoms. The second-order valence-electron chi connectivity index (χ2n) is 9.87. The first-order valence-electron chi connectivity index (χ1n) is 13.2. The Labute approximate surface area is 225 Å². The van der Waals surface area contributed by atoms with Gasteiger partial charge >= 0.3 is 0 Å². The summed E-state index contributed by atoms with van der Waals surface area (Å²) in [6.45, 7) is -0.0541. The molecule has 1 aliphatic heterocycles. The molecule has 1 atom stereocenters. The fourth-order valence-corrected chi connectivity index (χ4v) is 5.31. The van der Waals surface area contributed by atoms with Gasteiger partial charge in [-0.1, -0.05) is 48.7 Å². The van der Waals surface area contributed by atoms with Crippen molar-refractivity contribution in [1.29, 1.82) is 0 Å². The highest BCUT2D eigenvalue weighted by Gasteiger charge is 2.35. The van der Waals surface area contributed by atoms with E-state index in [1.807, 2.05) is 24.3 Å². The van der Waals surface area contributed by atoms with Gasteiger partial charge in [0.05, 0.1) is 5.52 Å². The van der Waals surface area contributed by atoms with E-state index in [2.05, 4.69) is 15.6 Å². The number of ether oxygens (including phenoxy) is 2. The van der Waals surface area contributed by atoms with Gasteiger partial charge in [0.25, 0.3) is 0 Å². The Hall–Kier alpha value is -4.60. The van der Waals surface area contributed by atoms with Crippen LogP contribution in [0, 0.1) is 0 Å². The Balaban J connectivity index is 1.42. The summed E-state index contributed by atoms with van der Waals surface area (Å²) in [4.78, 5) is 29.7. The third kappa shape index (κ3) is 5.09. The van der Waals surface area contributed by atoms with Crippen LogP contribution in [0.25, 0.3) is 11.0 Å². The SMILES string of the molecule is O=C(NC1CCCCC1)[C@H](c1ccc(O)cc1)N(C(=O)Cn1nnc2ccccc21)c1ccc2c(c1)OCO2. The average molecular weight is 528 g/mol. The van der Waals surface area contributed by atoms with Crippen LogP contribution in [-0.2, 0) is 16.1 Å². The summed E-state index contributed by atoms with van der Waals surface area (Å²) in [5, 5.41) is 21.5. The number of nitrogens with zero attached hydrogens (tertiary/aromatic N) is 4. The molecule has 1 aliphatic carbocycles. The number of carbonyl (C=O) groups is 2. The second-order valence-corrected chi connectivity index (χ2v) is 9.87. The Kier molecular flexibility index (Phi) is 6.75. The molecule has 1 aromatic heterocycles. The van der Waals surface area contributed by atoms with E-state index < -0.39 is 6.04 Å². The fraction of sp³-hybridized carbons (Fsp3) is 0.310. The molecule has 2 N–H and O–H groups in total. The van der Waals surface area contributed by atoms with E-state index in [-0.39, 0.29) is 36.9 Å². The molecule has 3 aromatic carbocycles. The van der Waals surface area contributed by atoms with Crippen LogP contribution in [0.4, 0.5) is 5.69 Å². The summed E-state index contributed by atoms with van der Waals surface area (Å²) in [6, 6.07) is 18.0. The molecule has 10 nitrogen and oxygen atoms in total. The number of nitrogens with one attached hydrogen (secondary N) is 1. The second kappa shape index (κ2) is 10.6. The fourth-order valence-electron chi connectivity index (χ4n) is 5.31. The molecular formula is C29H29N5O5. The zero-order valence-corrected chi connectivity index (χ0v) is 21.3. The van der Waals surface area contributed by atoms with Gasteiger partial charge in [-0.05, 0) is 54.8 Å². The lowest BCUT2D eigenvalue weighted by Crippen LogP contribution is -2.48. The lowest BCUT2D eigenvalue weighted by molar-refractivity contribution is -0.127. The number of hydrogen-bond donors (Lipinski definition) is 2. The summed E-state index contributed by atoms with van der Waals surface area (Å²) < 4.78 is 12.6. The number of aromatic hydroxyl groups is 1. The predicted molar refractivity (Wildman–Crippen MR) is 143 cm³/mol. The molecule has 1 fully saturated rings. The van der Waals surface area contributed by atoms with Crippen LogP contribution in [0.5, 0.6) is 17.2 Å². The van der Waals surface area contributed by atoms with Gasteiger partial charge < -0.3 is 19.9 Å². The largest absolute Gasteiger partial charge is 0.508 e. The molecule has 4 aromatic rings. The van der Waals surface area contributed by atoms with Crippen molar-refractivity contribution in [3.8, 4) is 17.2 Å². The summed E-state index contributed by atoms with van der Waals surface area (Å²) >= 11 is 0. The van der Waals surface area contributed by atoms with Crippen LogP contribution in [-0.4, -0.2) is 44.7 Å². The number of hydrogen-bond acceptors (Lipinski definition) is 7. The lowest BCUT2D eigenvalue weighted by atomic mass is 9.94. The van der Waals surface area contributed by atoms with Gasteiger partial charge in [0, 0.05) is 17.8 Å². The first-order chi connectivity index (χ1) is 19.1. The molecule has 0 saturated heterocycles. The zero-order valence-electron chi connectivity index (χ0n) is 21.3. The molecule has 39 heavy (non-hydrogen) atoms. The monoisotopic (exact) mass is 527 g/mol. The highest BCUT2D eigenvalue weighted by atomic mass is 16.7. The van der Waals surface area contributed by atoms with Crippen LogP contribution < -0.4 is 19.7 Å². The summed E-state index contributed by atoms with van der Waals surface area (Å²) in [5.74, 6) is 0.485. The Bertz CT molecular complexity index is 1500. The first kappa shape index (κ1) is 24.7. The lowest BCUT2D eigenvalue weighted by Gasteiger charge is -2.33. The van der Waals surface area contributed by atoms with Crippen molar-refractivity contribution in [2.45, 2.75) is 50.7 Å². The molecule has 0 spiro atoms. The molecule has 200 valence electrons. The Morgan fingerprint density at radius 1 is 1.00 bits per heavy atom. The normalized spacial score (nSPS) is 15.7. The number of rotatable bonds is 7. The summed E-state index contributed by atoms with van der Waals surface area (Å²) in [5.41, 5.74) is 2.43. The smallest absolute Gasteiger partial charge is 0.249 e. The van der Waals surface area contributed by atoms with Crippen LogP contribution in [0.1, 0.15) is 43.7 Å². The number of amides is 2. The number of anilines is 1. The van der Waals surface area contributed by atoms with Crippen molar-refractivity contribution < 1.29 is 24.2 Å². The summed E-state index contributed by atoms with van der Waals surface area (Å²) in [7, 11) is 0. The third-order valence-electron chi connectivity index (χ3n) is 7.28. The predicted octanol–water partition coefficient (Wildman–Crippen LogP) is 4.09. The van der Waals surface area contributed by atoms with Crippen molar-refractivity contribution in [2.24, 2.45) is 0 Å². The van der Waals surface area contributed by atoms with Crippen LogP contribution >= 0.6 is 0 Å². The number of phenols is 1. The van der Waals surface area contributed by atoms with Gasteiger partial charge in [-0.2, -0.15) is 0 Å². The quantitative estimate of drug-likeness (QED) is 0.372. The summed E-state index contributed by atoms with van der Waals surface area (Å²) in [6.07, 6.45) is 5.06. The minimum atomic E-state index is -1.00. The minimum Gasteiger partial charge on any atom is -0.508 e. The maximum absolute atomic E-state index is 14.2. The van der Waals surface area contributed by atoms with Gasteiger partial charge in [-0.25, -0.2) is 4.68 Å². The number of benzene rings is 3. The van der Waals surface area contributed by atoms with Crippen molar-refractivity contribution in [2.75, 3.05) is 11.7 Å². The number of fused-ring (bicyclic) bond motifs is 2. The van der Waals surface area contributed by atoms with E-state index in [1.165, 1.54) is 21.7 Å². The number of carbonyl (C=O) groups excluding carboxylic acids is 2. The Morgan fingerprint density at radius 2 is 1.77 bits per heavy atom. The van der Waals surface area contributed by atoms with E-state index in [1.54, 1.807) is 30.3 Å².